The summed E-state index contributed by atoms with van der Waals surface area (Å²) in [5, 5.41) is 13.3. The molecule has 3 aromatic carbocycles. The van der Waals surface area contributed by atoms with Gasteiger partial charge in [-0.2, -0.15) is 0 Å². The average molecular weight is 533 g/mol. The molecule has 1 heterocycles. The van der Waals surface area contributed by atoms with Crippen LogP contribution in [-0.2, 0) is 14.4 Å². The van der Waals surface area contributed by atoms with Gasteiger partial charge in [-0.25, -0.2) is 13.0 Å². The van der Waals surface area contributed by atoms with Crippen molar-refractivity contribution in [2.75, 3.05) is 12.8 Å². The molecule has 4 aromatic rings. The lowest BCUT2D eigenvalue weighted by molar-refractivity contribution is -0.384. The molecule has 12 heteroatoms. The van der Waals surface area contributed by atoms with Gasteiger partial charge in [-0.1, -0.05) is 48.5 Å². The van der Waals surface area contributed by atoms with Crippen LogP contribution in [0.25, 0.3) is 10.1 Å². The predicted molar refractivity (Wildman–Crippen MR) is 135 cm³/mol. The van der Waals surface area contributed by atoms with Gasteiger partial charge in [0.25, 0.3) is 5.69 Å². The van der Waals surface area contributed by atoms with Gasteiger partial charge in [-0.05, 0) is 35.2 Å². The number of fused-ring (bicyclic) bond motifs is 1. The summed E-state index contributed by atoms with van der Waals surface area (Å²) in [6.07, 6.45) is -0.519. The van der Waals surface area contributed by atoms with Crippen molar-refractivity contribution in [1.29, 1.82) is 0 Å². The van der Waals surface area contributed by atoms with Crippen molar-refractivity contribution in [2.45, 2.75) is 9.46 Å². The molecule has 182 valence electrons. The topological polar surface area (TPSA) is 136 Å². The second kappa shape index (κ2) is 10.3. The minimum absolute atomic E-state index is 0.0132. The Bertz CT molecular complexity index is 1460. The van der Waals surface area contributed by atoms with E-state index >= 15 is 0 Å². The maximum atomic E-state index is 13.6. The fourth-order valence-electron chi connectivity index (χ4n) is 3.47. The third-order valence-corrected chi connectivity index (χ3v) is 10.0. The number of sulfone groups is 1. The van der Waals surface area contributed by atoms with Gasteiger partial charge in [0.1, 0.15) is 21.5 Å². The first-order valence-corrected chi connectivity index (χ1v) is 14.5. The van der Waals surface area contributed by atoms with E-state index in [9.17, 15) is 28.0 Å². The summed E-state index contributed by atoms with van der Waals surface area (Å²) in [5.41, 5.74) is 0.363. The Hall–Kier alpha value is -3.08. The monoisotopic (exact) mass is 532 g/mol. The number of hydrogen-bond donors (Lipinski definition) is 2. The lowest BCUT2D eigenvalue weighted by atomic mass is 10.1. The molecule has 9 nitrogen and oxygen atoms in total. The van der Waals surface area contributed by atoms with Crippen LogP contribution in [-0.4, -0.2) is 31.1 Å². The van der Waals surface area contributed by atoms with E-state index in [1.165, 1.54) is 23.5 Å². The molecule has 2 N–H and O–H groups in total. The largest absolute Gasteiger partial charge is 0.424 e. The van der Waals surface area contributed by atoms with Gasteiger partial charge >= 0.3 is 7.60 Å². The average Bonchev–Trinajstić information content (AvgIpc) is 3.28. The molecular weight excluding hydrogens is 511 g/mol. The summed E-state index contributed by atoms with van der Waals surface area (Å²) in [7, 11) is -8.05. The standard InChI is InChI=1S/C23H21N2O7PS2/c26-25(27)19-10-12-20(13-11-19)32-33(28,29)16-24-15-22(17-6-2-1-3-7-17)35(30,31)23-14-18-8-4-5-9-21(18)34-23/h1-14,22,24H,15-16H2,(H,28,29). The van der Waals surface area contributed by atoms with Crippen LogP contribution in [0.15, 0.2) is 89.1 Å². The SMILES string of the molecule is O=[N+]([O-])c1ccc(OP(=O)(O)CNCC(c2ccccc2)S(=O)(=O)c2cc3ccccc3s2)cc1. The van der Waals surface area contributed by atoms with Crippen LogP contribution in [0.1, 0.15) is 10.8 Å². The van der Waals surface area contributed by atoms with E-state index in [0.717, 1.165) is 22.2 Å². The summed E-state index contributed by atoms with van der Waals surface area (Å²) in [6, 6.07) is 22.4. The van der Waals surface area contributed by atoms with Gasteiger partial charge in [-0.3, -0.25) is 10.1 Å². The molecule has 0 fully saturated rings. The third-order valence-electron chi connectivity index (χ3n) is 5.17. The zero-order valence-corrected chi connectivity index (χ0v) is 20.7. The zero-order chi connectivity index (χ0) is 25.1. The molecule has 0 aliphatic heterocycles. The van der Waals surface area contributed by atoms with Gasteiger partial charge in [0.05, 0.1) is 4.92 Å². The summed E-state index contributed by atoms with van der Waals surface area (Å²) < 4.78 is 45.9. The third kappa shape index (κ3) is 5.95. The van der Waals surface area contributed by atoms with E-state index in [-0.39, 0.29) is 22.2 Å². The number of thiophene rings is 1. The first kappa shape index (κ1) is 25.0. The van der Waals surface area contributed by atoms with Crippen molar-refractivity contribution in [3.63, 3.8) is 0 Å². The maximum absolute atomic E-state index is 13.6. The smallest absolute Gasteiger partial charge is 0.390 e. The molecular formula is C23H21N2O7PS2. The van der Waals surface area contributed by atoms with Crippen LogP contribution in [0.4, 0.5) is 5.69 Å². The highest BCUT2D eigenvalue weighted by Gasteiger charge is 2.32. The molecule has 0 saturated heterocycles. The van der Waals surface area contributed by atoms with E-state index in [4.69, 9.17) is 4.52 Å². The van der Waals surface area contributed by atoms with E-state index in [0.29, 0.717) is 5.56 Å². The van der Waals surface area contributed by atoms with E-state index in [1.54, 1.807) is 36.4 Å². The van der Waals surface area contributed by atoms with Crippen LogP contribution in [0.3, 0.4) is 0 Å². The second-order valence-corrected chi connectivity index (χ2v) is 12.9. The number of hydrogen-bond acceptors (Lipinski definition) is 8. The Morgan fingerprint density at radius 3 is 2.34 bits per heavy atom. The van der Waals surface area contributed by atoms with Gasteiger partial charge in [0.2, 0.25) is 0 Å². The highest BCUT2D eigenvalue weighted by atomic mass is 32.2. The number of nitro benzene ring substituents is 1. The van der Waals surface area contributed by atoms with E-state index in [2.05, 4.69) is 5.32 Å². The quantitative estimate of drug-likeness (QED) is 0.163. The van der Waals surface area contributed by atoms with Gasteiger partial charge in [-0.15, -0.1) is 11.3 Å². The van der Waals surface area contributed by atoms with Crippen molar-refractivity contribution in [2.24, 2.45) is 0 Å². The molecule has 2 atom stereocenters. The van der Waals surface area contributed by atoms with Crippen LogP contribution in [0.5, 0.6) is 5.75 Å². The normalized spacial score (nSPS) is 14.3. The summed E-state index contributed by atoms with van der Waals surface area (Å²) in [4.78, 5) is 20.4. The molecule has 4 rings (SSSR count). The Labute approximate surface area is 205 Å². The van der Waals surface area contributed by atoms with Crippen LogP contribution >= 0.6 is 18.9 Å². The Kier molecular flexibility index (Phi) is 7.34. The molecule has 0 radical (unpaired) electrons. The van der Waals surface area contributed by atoms with Crippen molar-refractivity contribution in [3.8, 4) is 5.75 Å². The van der Waals surface area contributed by atoms with Crippen LogP contribution in [0, 0.1) is 10.1 Å². The maximum Gasteiger partial charge on any atom is 0.390 e. The van der Waals surface area contributed by atoms with Crippen molar-refractivity contribution in [1.82, 2.24) is 5.32 Å². The van der Waals surface area contributed by atoms with Gasteiger partial charge in [0.15, 0.2) is 9.84 Å². The molecule has 0 bridgehead atoms. The second-order valence-electron chi connectivity index (χ2n) is 7.64. The van der Waals surface area contributed by atoms with Crippen molar-refractivity contribution < 1.29 is 27.3 Å². The zero-order valence-electron chi connectivity index (χ0n) is 18.2. The number of nitrogens with zero attached hydrogens (tertiary/aromatic N) is 1. The van der Waals surface area contributed by atoms with Gasteiger partial charge < -0.3 is 14.7 Å². The number of nitro groups is 1. The number of nitrogens with one attached hydrogen (secondary N) is 1. The highest BCUT2D eigenvalue weighted by Crippen LogP contribution is 2.42. The Balaban J connectivity index is 1.51. The molecule has 0 saturated carbocycles. The lowest BCUT2D eigenvalue weighted by Gasteiger charge is -2.19. The molecule has 0 aliphatic carbocycles. The van der Waals surface area contributed by atoms with Crippen molar-refractivity contribution in [3.05, 3.63) is 101 Å². The van der Waals surface area contributed by atoms with E-state index in [1.807, 2.05) is 24.3 Å². The van der Waals surface area contributed by atoms with Crippen LogP contribution in [0.2, 0.25) is 0 Å². The minimum Gasteiger partial charge on any atom is -0.424 e. The summed E-state index contributed by atoms with van der Waals surface area (Å²) >= 11 is 1.18. The Morgan fingerprint density at radius 1 is 1.03 bits per heavy atom. The minimum atomic E-state index is -4.22. The molecule has 2 unspecified atom stereocenters. The molecule has 0 spiro atoms. The molecule has 1 aromatic heterocycles. The van der Waals surface area contributed by atoms with Crippen molar-refractivity contribution >= 4 is 44.5 Å². The van der Waals surface area contributed by atoms with Gasteiger partial charge in [0, 0.05) is 23.4 Å². The number of non-ortho nitro benzene ring substituents is 1. The molecule has 0 aliphatic rings. The predicted octanol–water partition coefficient (Wildman–Crippen LogP) is 5.14. The number of rotatable bonds is 10. The highest BCUT2D eigenvalue weighted by molar-refractivity contribution is 7.93. The first-order chi connectivity index (χ1) is 16.7. The first-order valence-electron chi connectivity index (χ1n) is 10.4. The fourth-order valence-corrected chi connectivity index (χ4v) is 7.70. The number of benzene rings is 3. The Morgan fingerprint density at radius 2 is 1.69 bits per heavy atom. The summed E-state index contributed by atoms with van der Waals surface area (Å²) in [6.45, 7) is -0.130. The molecule has 0 amide bonds. The lowest BCUT2D eigenvalue weighted by Crippen LogP contribution is -2.28. The van der Waals surface area contributed by atoms with Crippen LogP contribution < -0.4 is 9.84 Å². The summed E-state index contributed by atoms with van der Waals surface area (Å²) in [5.74, 6) is -0.0132. The van der Waals surface area contributed by atoms with E-state index < -0.39 is 33.9 Å². The fraction of sp³-hybridized carbons (Fsp3) is 0.130. The molecule has 35 heavy (non-hydrogen) atoms.